The summed E-state index contributed by atoms with van der Waals surface area (Å²) in [7, 11) is 1.70. The minimum Gasteiger partial charge on any atom is -0.497 e. The van der Waals surface area contributed by atoms with Gasteiger partial charge in [0.05, 0.1) is 12.8 Å². The van der Waals surface area contributed by atoms with E-state index in [0.29, 0.717) is 0 Å². The van der Waals surface area contributed by atoms with Crippen molar-refractivity contribution >= 4 is 60.5 Å². The number of hydrogen-bond donors (Lipinski definition) is 0. The van der Waals surface area contributed by atoms with E-state index in [2.05, 4.69) is 126 Å². The fourth-order valence-electron chi connectivity index (χ4n) is 6.11. The third kappa shape index (κ3) is 3.98. The summed E-state index contributed by atoms with van der Waals surface area (Å²) < 4.78 is 11.7. The molecule has 1 heterocycles. The smallest absolute Gasteiger partial charge is 0.135 e. The number of furan rings is 1. The summed E-state index contributed by atoms with van der Waals surface area (Å²) in [5.41, 5.74) is 7.32. The molecule has 0 spiro atoms. The monoisotopic (exact) mass is 541 g/mol. The lowest BCUT2D eigenvalue weighted by Gasteiger charge is -2.29. The van der Waals surface area contributed by atoms with Crippen LogP contribution in [0.25, 0.3) is 54.6 Å². The van der Waals surface area contributed by atoms with Crippen molar-refractivity contribution < 1.29 is 9.15 Å². The standard InChI is InChI=1S/C39H27NO2/c1-41-32-20-17-30(18-21-32)40(31-19-23-38-35(25-31)34-12-6-7-13-37(34)42-38)36-22-16-27-9-4-5-11-33(27)39(36)29-15-14-26-8-2-3-10-28(26)24-29/h2-25H,1H3. The van der Waals surface area contributed by atoms with E-state index in [4.69, 9.17) is 9.15 Å². The highest BCUT2D eigenvalue weighted by atomic mass is 16.5. The highest BCUT2D eigenvalue weighted by Crippen LogP contribution is 2.46. The van der Waals surface area contributed by atoms with Crippen LogP contribution in [0.3, 0.4) is 0 Å². The molecule has 0 bridgehead atoms. The third-order valence-corrected chi connectivity index (χ3v) is 8.14. The average molecular weight is 542 g/mol. The minimum atomic E-state index is 0.822. The van der Waals surface area contributed by atoms with E-state index < -0.39 is 0 Å². The molecule has 0 unspecified atom stereocenters. The van der Waals surface area contributed by atoms with Crippen molar-refractivity contribution in [2.45, 2.75) is 0 Å². The Labute approximate surface area is 243 Å². The first kappa shape index (κ1) is 24.3. The highest BCUT2D eigenvalue weighted by molar-refractivity contribution is 6.09. The second-order valence-corrected chi connectivity index (χ2v) is 10.6. The molecule has 0 N–H and O–H groups in total. The molecule has 0 fully saturated rings. The first-order chi connectivity index (χ1) is 20.8. The zero-order valence-electron chi connectivity index (χ0n) is 23.1. The summed E-state index contributed by atoms with van der Waals surface area (Å²) in [4.78, 5) is 2.34. The second-order valence-electron chi connectivity index (χ2n) is 10.6. The second kappa shape index (κ2) is 9.83. The molecule has 200 valence electrons. The number of benzene rings is 7. The van der Waals surface area contributed by atoms with Gasteiger partial charge in [0.2, 0.25) is 0 Å². The SMILES string of the molecule is COc1ccc(N(c2ccc3oc4ccccc4c3c2)c2ccc3ccccc3c2-c2ccc3ccccc3c2)cc1. The van der Waals surface area contributed by atoms with Crippen LogP contribution in [0.2, 0.25) is 0 Å². The zero-order chi connectivity index (χ0) is 28.0. The lowest BCUT2D eigenvalue weighted by Crippen LogP contribution is -2.11. The van der Waals surface area contributed by atoms with Gasteiger partial charge in [-0.05, 0) is 87.8 Å². The molecule has 1 aromatic heterocycles. The molecule has 0 atom stereocenters. The van der Waals surface area contributed by atoms with Gasteiger partial charge in [0.1, 0.15) is 16.9 Å². The molecular weight excluding hydrogens is 514 g/mol. The summed E-state index contributed by atoms with van der Waals surface area (Å²) >= 11 is 0. The number of para-hydroxylation sites is 1. The summed E-state index contributed by atoms with van der Waals surface area (Å²) in [6, 6.07) is 51.4. The van der Waals surface area contributed by atoms with Crippen LogP contribution in [0.1, 0.15) is 0 Å². The quantitative estimate of drug-likeness (QED) is 0.217. The number of ether oxygens (including phenoxy) is 1. The Bertz CT molecular complexity index is 2240. The highest BCUT2D eigenvalue weighted by Gasteiger charge is 2.21. The van der Waals surface area contributed by atoms with Crippen LogP contribution >= 0.6 is 0 Å². The predicted molar refractivity (Wildman–Crippen MR) is 175 cm³/mol. The van der Waals surface area contributed by atoms with E-state index >= 15 is 0 Å². The van der Waals surface area contributed by atoms with Crippen molar-refractivity contribution in [2.75, 3.05) is 12.0 Å². The van der Waals surface area contributed by atoms with E-state index in [1.807, 2.05) is 24.3 Å². The van der Waals surface area contributed by atoms with Gasteiger partial charge in [-0.25, -0.2) is 0 Å². The van der Waals surface area contributed by atoms with Gasteiger partial charge < -0.3 is 14.1 Å². The summed E-state index contributed by atoms with van der Waals surface area (Å²) in [5, 5.41) is 7.06. The van der Waals surface area contributed by atoms with Crippen LogP contribution in [0.15, 0.2) is 150 Å². The molecule has 3 nitrogen and oxygen atoms in total. The van der Waals surface area contributed by atoms with Crippen LogP contribution in [0.5, 0.6) is 5.75 Å². The van der Waals surface area contributed by atoms with Gasteiger partial charge in [0.15, 0.2) is 0 Å². The molecule has 0 aliphatic carbocycles. The molecule has 0 aliphatic heterocycles. The fourth-order valence-corrected chi connectivity index (χ4v) is 6.11. The molecule has 0 radical (unpaired) electrons. The molecule has 8 rings (SSSR count). The van der Waals surface area contributed by atoms with Crippen LogP contribution in [0, 0.1) is 0 Å². The van der Waals surface area contributed by atoms with E-state index in [1.165, 1.54) is 32.7 Å². The van der Waals surface area contributed by atoms with Crippen LogP contribution in [0.4, 0.5) is 17.1 Å². The Morgan fingerprint density at radius 2 is 1.17 bits per heavy atom. The van der Waals surface area contributed by atoms with Crippen molar-refractivity contribution in [3.63, 3.8) is 0 Å². The molecule has 0 saturated heterocycles. The Morgan fingerprint density at radius 3 is 2.00 bits per heavy atom. The number of methoxy groups -OCH3 is 1. The first-order valence-electron chi connectivity index (χ1n) is 14.1. The van der Waals surface area contributed by atoms with Crippen LogP contribution in [-0.2, 0) is 0 Å². The number of nitrogens with zero attached hydrogens (tertiary/aromatic N) is 1. The topological polar surface area (TPSA) is 25.6 Å². The van der Waals surface area contributed by atoms with Gasteiger partial charge in [-0.15, -0.1) is 0 Å². The summed E-state index contributed by atoms with van der Waals surface area (Å²) in [5.74, 6) is 0.822. The number of rotatable bonds is 5. The fraction of sp³-hybridized carbons (Fsp3) is 0.0256. The Hall–Kier alpha value is -5.54. The predicted octanol–water partition coefficient (Wildman–Crippen LogP) is 11.0. The van der Waals surface area contributed by atoms with Gasteiger partial charge in [-0.2, -0.15) is 0 Å². The first-order valence-corrected chi connectivity index (χ1v) is 14.1. The van der Waals surface area contributed by atoms with E-state index in [9.17, 15) is 0 Å². The molecule has 42 heavy (non-hydrogen) atoms. The van der Waals surface area contributed by atoms with Gasteiger partial charge in [0, 0.05) is 27.7 Å². The van der Waals surface area contributed by atoms with Crippen LogP contribution < -0.4 is 9.64 Å². The molecule has 0 amide bonds. The molecular formula is C39H27NO2. The van der Waals surface area contributed by atoms with Crippen molar-refractivity contribution in [3.05, 3.63) is 146 Å². The lowest BCUT2D eigenvalue weighted by molar-refractivity contribution is 0.415. The maximum atomic E-state index is 6.19. The van der Waals surface area contributed by atoms with Gasteiger partial charge >= 0.3 is 0 Å². The Kier molecular flexibility index (Phi) is 5.68. The Morgan fingerprint density at radius 1 is 0.500 bits per heavy atom. The van der Waals surface area contributed by atoms with Gasteiger partial charge in [0.25, 0.3) is 0 Å². The largest absolute Gasteiger partial charge is 0.497 e. The van der Waals surface area contributed by atoms with Crippen molar-refractivity contribution in [3.8, 4) is 16.9 Å². The van der Waals surface area contributed by atoms with Gasteiger partial charge in [-0.1, -0.05) is 84.9 Å². The number of hydrogen-bond acceptors (Lipinski definition) is 3. The average Bonchev–Trinajstić information content (AvgIpc) is 3.43. The molecule has 7 aromatic carbocycles. The van der Waals surface area contributed by atoms with Crippen molar-refractivity contribution in [1.82, 2.24) is 0 Å². The number of fused-ring (bicyclic) bond motifs is 5. The Balaban J connectivity index is 1.43. The normalized spacial score (nSPS) is 11.5. The van der Waals surface area contributed by atoms with Crippen molar-refractivity contribution in [1.29, 1.82) is 0 Å². The molecule has 0 saturated carbocycles. The van der Waals surface area contributed by atoms with E-state index in [0.717, 1.165) is 44.8 Å². The molecule has 3 heteroatoms. The molecule has 0 aliphatic rings. The summed E-state index contributed by atoms with van der Waals surface area (Å²) in [6.07, 6.45) is 0. The summed E-state index contributed by atoms with van der Waals surface area (Å²) in [6.45, 7) is 0. The van der Waals surface area contributed by atoms with Crippen molar-refractivity contribution in [2.24, 2.45) is 0 Å². The van der Waals surface area contributed by atoms with E-state index in [-0.39, 0.29) is 0 Å². The maximum Gasteiger partial charge on any atom is 0.135 e. The van der Waals surface area contributed by atoms with Gasteiger partial charge in [-0.3, -0.25) is 0 Å². The van der Waals surface area contributed by atoms with E-state index in [1.54, 1.807) is 7.11 Å². The third-order valence-electron chi connectivity index (χ3n) is 8.14. The lowest BCUT2D eigenvalue weighted by atomic mass is 9.93. The zero-order valence-corrected chi connectivity index (χ0v) is 23.1. The number of anilines is 3. The molecule has 8 aromatic rings. The van der Waals surface area contributed by atoms with Crippen LogP contribution in [-0.4, -0.2) is 7.11 Å². The minimum absolute atomic E-state index is 0.822. The maximum absolute atomic E-state index is 6.19.